The van der Waals surface area contributed by atoms with E-state index in [4.69, 9.17) is 4.74 Å². The number of hydrogen-bond donors (Lipinski definition) is 2. The number of anilines is 1. The molecule has 0 saturated heterocycles. The van der Waals surface area contributed by atoms with E-state index in [9.17, 15) is 13.2 Å². The third kappa shape index (κ3) is 5.30. The molecule has 0 aliphatic rings. The third-order valence-electron chi connectivity index (χ3n) is 3.27. The van der Waals surface area contributed by atoms with Crippen LogP contribution in [0.2, 0.25) is 0 Å². The second-order valence-electron chi connectivity index (χ2n) is 6.68. The van der Waals surface area contributed by atoms with Gasteiger partial charge in [-0.25, -0.2) is 13.1 Å². The monoisotopic (exact) mass is 440 g/mol. The number of ether oxygens (including phenoxy) is 1. The van der Waals surface area contributed by atoms with Gasteiger partial charge in [0.2, 0.25) is 10.0 Å². The van der Waals surface area contributed by atoms with Crippen molar-refractivity contribution in [2.75, 3.05) is 12.4 Å². The first-order valence-corrected chi connectivity index (χ1v) is 10.1. The van der Waals surface area contributed by atoms with Gasteiger partial charge in [-0.3, -0.25) is 4.79 Å². The Labute approximate surface area is 162 Å². The van der Waals surface area contributed by atoms with Gasteiger partial charge >= 0.3 is 0 Å². The molecule has 0 spiro atoms. The Kier molecular flexibility index (Phi) is 6.10. The van der Waals surface area contributed by atoms with Crippen LogP contribution in [0.25, 0.3) is 0 Å². The molecule has 0 atom stereocenters. The number of rotatable bonds is 5. The lowest BCUT2D eigenvalue weighted by molar-refractivity contribution is 0.102. The van der Waals surface area contributed by atoms with Crippen LogP contribution in [0.3, 0.4) is 0 Å². The van der Waals surface area contributed by atoms with Crippen molar-refractivity contribution in [1.82, 2.24) is 4.72 Å². The smallest absolute Gasteiger partial charge is 0.259 e. The number of sulfonamides is 1. The van der Waals surface area contributed by atoms with E-state index in [2.05, 4.69) is 26.0 Å². The summed E-state index contributed by atoms with van der Waals surface area (Å²) < 4.78 is 33.1. The average Bonchev–Trinajstić information content (AvgIpc) is 2.53. The molecule has 0 radical (unpaired) electrons. The average molecular weight is 441 g/mol. The Hall–Kier alpha value is -1.90. The van der Waals surface area contributed by atoms with Crippen molar-refractivity contribution in [3.63, 3.8) is 0 Å². The fourth-order valence-electron chi connectivity index (χ4n) is 2.24. The summed E-state index contributed by atoms with van der Waals surface area (Å²) in [6, 6.07) is 11.1. The number of nitrogens with one attached hydrogen (secondary N) is 2. The lowest BCUT2D eigenvalue weighted by Crippen LogP contribution is -2.40. The minimum absolute atomic E-state index is 0.130. The normalized spacial score (nSPS) is 11.9. The van der Waals surface area contributed by atoms with Gasteiger partial charge < -0.3 is 10.1 Å². The van der Waals surface area contributed by atoms with E-state index in [1.165, 1.54) is 19.2 Å². The highest BCUT2D eigenvalue weighted by atomic mass is 79.9. The Bertz CT molecular complexity index is 904. The van der Waals surface area contributed by atoms with Gasteiger partial charge in [-0.1, -0.05) is 15.9 Å². The summed E-state index contributed by atoms with van der Waals surface area (Å²) in [6.45, 7) is 5.31. The molecule has 0 aromatic heterocycles. The molecule has 1 amide bonds. The molecule has 2 N–H and O–H groups in total. The van der Waals surface area contributed by atoms with Gasteiger partial charge in [-0.2, -0.15) is 0 Å². The maximum absolute atomic E-state index is 12.5. The van der Waals surface area contributed by atoms with Crippen molar-refractivity contribution < 1.29 is 17.9 Å². The Morgan fingerprint density at radius 2 is 1.69 bits per heavy atom. The van der Waals surface area contributed by atoms with E-state index in [0.29, 0.717) is 17.0 Å². The molecule has 0 fully saturated rings. The van der Waals surface area contributed by atoms with Crippen molar-refractivity contribution in [2.24, 2.45) is 0 Å². The van der Waals surface area contributed by atoms with Gasteiger partial charge in [-0.05, 0) is 63.2 Å². The molecule has 0 saturated carbocycles. The fourth-order valence-corrected chi connectivity index (χ4v) is 4.02. The summed E-state index contributed by atoms with van der Waals surface area (Å²) in [5.41, 5.74) is 0.267. The maximum atomic E-state index is 12.5. The van der Waals surface area contributed by atoms with Crippen LogP contribution < -0.4 is 14.8 Å². The van der Waals surface area contributed by atoms with Gasteiger partial charge in [0.15, 0.2) is 0 Å². The van der Waals surface area contributed by atoms with Crippen LogP contribution in [-0.4, -0.2) is 27.0 Å². The summed E-state index contributed by atoms with van der Waals surface area (Å²) in [4.78, 5) is 12.6. The minimum Gasteiger partial charge on any atom is -0.496 e. The lowest BCUT2D eigenvalue weighted by atomic mass is 10.1. The van der Waals surface area contributed by atoms with Crippen LogP contribution in [0.5, 0.6) is 5.75 Å². The number of hydrogen-bond acceptors (Lipinski definition) is 4. The van der Waals surface area contributed by atoms with Crippen LogP contribution >= 0.6 is 15.9 Å². The lowest BCUT2D eigenvalue weighted by Gasteiger charge is -2.20. The molecule has 8 heteroatoms. The standard InChI is InChI=1S/C18H21BrN2O4S/c1-18(2,3)21-26(23,24)14-8-6-13(7-9-14)20-17(22)15-11-12(19)5-10-16(15)25-4/h5-11,21H,1-4H3,(H,20,22). The van der Waals surface area contributed by atoms with Crippen molar-refractivity contribution in [3.8, 4) is 5.75 Å². The zero-order valence-electron chi connectivity index (χ0n) is 15.0. The van der Waals surface area contributed by atoms with E-state index in [-0.39, 0.29) is 10.8 Å². The molecule has 0 unspecified atom stereocenters. The molecule has 2 rings (SSSR count). The molecule has 0 aliphatic heterocycles. The summed E-state index contributed by atoms with van der Waals surface area (Å²) >= 11 is 3.33. The fraction of sp³-hybridized carbons (Fsp3) is 0.278. The molecule has 6 nitrogen and oxygen atoms in total. The molecule has 0 aliphatic carbocycles. The van der Waals surface area contributed by atoms with E-state index in [0.717, 1.165) is 4.47 Å². The number of carbonyl (C=O) groups is 1. The Balaban J connectivity index is 2.20. The molecule has 0 heterocycles. The van der Waals surface area contributed by atoms with Crippen LogP contribution in [0.15, 0.2) is 51.8 Å². The highest BCUT2D eigenvalue weighted by Crippen LogP contribution is 2.24. The molecule has 0 bridgehead atoms. The highest BCUT2D eigenvalue weighted by molar-refractivity contribution is 9.10. The zero-order valence-corrected chi connectivity index (χ0v) is 17.4. The van der Waals surface area contributed by atoms with Crippen LogP contribution in [-0.2, 0) is 10.0 Å². The Morgan fingerprint density at radius 1 is 1.08 bits per heavy atom. The van der Waals surface area contributed by atoms with E-state index < -0.39 is 15.6 Å². The Morgan fingerprint density at radius 3 is 2.23 bits per heavy atom. The quantitative estimate of drug-likeness (QED) is 0.740. The zero-order chi connectivity index (χ0) is 19.5. The van der Waals surface area contributed by atoms with Crippen LogP contribution in [0.4, 0.5) is 5.69 Å². The van der Waals surface area contributed by atoms with E-state index >= 15 is 0 Å². The van der Waals surface area contributed by atoms with Crippen LogP contribution in [0.1, 0.15) is 31.1 Å². The van der Waals surface area contributed by atoms with Gasteiger partial charge in [-0.15, -0.1) is 0 Å². The highest BCUT2D eigenvalue weighted by Gasteiger charge is 2.22. The number of halogens is 1. The van der Waals surface area contributed by atoms with E-state index in [1.807, 2.05) is 0 Å². The third-order valence-corrected chi connectivity index (χ3v) is 5.54. The largest absolute Gasteiger partial charge is 0.496 e. The molecular weight excluding hydrogens is 420 g/mol. The first-order chi connectivity index (χ1) is 12.0. The molecule has 26 heavy (non-hydrogen) atoms. The molecule has 2 aromatic rings. The predicted molar refractivity (Wildman–Crippen MR) is 105 cm³/mol. The van der Waals surface area contributed by atoms with Gasteiger partial charge in [0.25, 0.3) is 5.91 Å². The molecule has 140 valence electrons. The van der Waals surface area contributed by atoms with E-state index in [1.54, 1.807) is 51.1 Å². The van der Waals surface area contributed by atoms with Gasteiger partial charge in [0, 0.05) is 15.7 Å². The number of methoxy groups -OCH3 is 1. The SMILES string of the molecule is COc1ccc(Br)cc1C(=O)Nc1ccc(S(=O)(=O)NC(C)(C)C)cc1. The van der Waals surface area contributed by atoms with Crippen molar-refractivity contribution >= 4 is 37.5 Å². The number of carbonyl (C=O) groups excluding carboxylic acids is 1. The first-order valence-electron chi connectivity index (χ1n) is 7.81. The second-order valence-corrected chi connectivity index (χ2v) is 9.28. The summed E-state index contributed by atoms with van der Waals surface area (Å²) in [7, 11) is -2.13. The van der Waals surface area contributed by atoms with Gasteiger partial charge in [0.1, 0.15) is 5.75 Å². The first kappa shape index (κ1) is 20.4. The maximum Gasteiger partial charge on any atom is 0.259 e. The van der Waals surface area contributed by atoms with Crippen LogP contribution in [0, 0.1) is 0 Å². The van der Waals surface area contributed by atoms with Crippen molar-refractivity contribution in [1.29, 1.82) is 0 Å². The summed E-state index contributed by atoms with van der Waals surface area (Å²) in [5, 5.41) is 2.73. The number of amides is 1. The van der Waals surface area contributed by atoms with Gasteiger partial charge in [0.05, 0.1) is 17.6 Å². The topological polar surface area (TPSA) is 84.5 Å². The molecular formula is C18H21BrN2O4S. The number of benzene rings is 2. The van der Waals surface area contributed by atoms with Crippen molar-refractivity contribution in [3.05, 3.63) is 52.5 Å². The summed E-state index contributed by atoms with van der Waals surface area (Å²) in [5.74, 6) is 0.0887. The van der Waals surface area contributed by atoms with Crippen molar-refractivity contribution in [2.45, 2.75) is 31.2 Å². The second kappa shape index (κ2) is 7.77. The predicted octanol–water partition coefficient (Wildman–Crippen LogP) is 3.79. The molecule has 2 aromatic carbocycles. The minimum atomic E-state index is -3.62. The summed E-state index contributed by atoms with van der Waals surface area (Å²) in [6.07, 6.45) is 0.